The van der Waals surface area contributed by atoms with E-state index in [0.717, 1.165) is 18.7 Å². The molecule has 0 aliphatic carbocycles. The molecular formula is C23H26N4O3. The maximum Gasteiger partial charge on any atom is 0.174 e. The molecule has 0 atom stereocenters. The van der Waals surface area contributed by atoms with Gasteiger partial charge < -0.3 is 14.9 Å². The number of hydrogen-bond donors (Lipinski definition) is 2. The molecule has 1 aromatic heterocycles. The van der Waals surface area contributed by atoms with E-state index >= 15 is 0 Å². The molecule has 1 aliphatic rings. The third kappa shape index (κ3) is 4.46. The van der Waals surface area contributed by atoms with Crippen LogP contribution in [0.3, 0.4) is 0 Å². The van der Waals surface area contributed by atoms with Crippen LogP contribution in [-0.4, -0.2) is 50.1 Å². The molecule has 2 N–H and O–H groups in total. The van der Waals surface area contributed by atoms with Gasteiger partial charge in [-0.3, -0.25) is 4.90 Å². The number of aromatic hydroxyl groups is 2. The third-order valence-corrected chi connectivity index (χ3v) is 5.24. The van der Waals surface area contributed by atoms with Crippen molar-refractivity contribution in [1.29, 1.82) is 0 Å². The number of phenolic OH excluding ortho intramolecular Hbond substituents is 2. The lowest BCUT2D eigenvalue weighted by atomic mass is 10.1. The first-order valence-electron chi connectivity index (χ1n) is 10.1. The molecule has 1 saturated heterocycles. The van der Waals surface area contributed by atoms with Crippen LogP contribution in [0.2, 0.25) is 0 Å². The average molecular weight is 406 g/mol. The van der Waals surface area contributed by atoms with Crippen LogP contribution < -0.4 is 4.74 Å². The quantitative estimate of drug-likeness (QED) is 0.644. The molecule has 2 aromatic carbocycles. The standard InChI is InChI=1S/C23H26N4O3/c1-30-21-15-17(9-11-20(21)29)10-12-22-24-23(18-7-3-4-8-19(18)28)27(25-22)16-26-13-5-2-6-14-26/h3-4,7-12,15,28-29H,2,5-6,13-14,16H2,1H3/b12-10+. The summed E-state index contributed by atoms with van der Waals surface area (Å²) in [5.74, 6) is 1.89. The summed E-state index contributed by atoms with van der Waals surface area (Å²) in [4.78, 5) is 7.04. The second-order valence-corrected chi connectivity index (χ2v) is 7.40. The first-order valence-corrected chi connectivity index (χ1v) is 10.1. The maximum atomic E-state index is 10.3. The van der Waals surface area contributed by atoms with Crippen molar-refractivity contribution in [1.82, 2.24) is 19.7 Å². The number of rotatable bonds is 6. The maximum absolute atomic E-state index is 10.3. The van der Waals surface area contributed by atoms with Gasteiger partial charge >= 0.3 is 0 Å². The summed E-state index contributed by atoms with van der Waals surface area (Å²) >= 11 is 0. The fourth-order valence-corrected chi connectivity index (χ4v) is 3.65. The number of para-hydroxylation sites is 1. The third-order valence-electron chi connectivity index (χ3n) is 5.24. The number of phenols is 2. The number of benzene rings is 2. The Labute approximate surface area is 175 Å². The molecule has 30 heavy (non-hydrogen) atoms. The van der Waals surface area contributed by atoms with Crippen LogP contribution in [0.4, 0.5) is 0 Å². The van der Waals surface area contributed by atoms with Crippen molar-refractivity contribution in [2.24, 2.45) is 0 Å². The number of hydrogen-bond acceptors (Lipinski definition) is 6. The van der Waals surface area contributed by atoms with Crippen LogP contribution in [-0.2, 0) is 6.67 Å². The highest BCUT2D eigenvalue weighted by molar-refractivity contribution is 5.70. The van der Waals surface area contributed by atoms with Crippen molar-refractivity contribution in [3.05, 3.63) is 53.9 Å². The predicted octanol–water partition coefficient (Wildman–Crippen LogP) is 3.98. The molecule has 7 nitrogen and oxygen atoms in total. The Bertz CT molecular complexity index is 1040. The smallest absolute Gasteiger partial charge is 0.174 e. The summed E-state index contributed by atoms with van der Waals surface area (Å²) in [6, 6.07) is 12.3. The van der Waals surface area contributed by atoms with Crippen molar-refractivity contribution < 1.29 is 14.9 Å². The molecule has 0 radical (unpaired) electrons. The van der Waals surface area contributed by atoms with Gasteiger partial charge in [-0.1, -0.05) is 30.7 Å². The van der Waals surface area contributed by atoms with Gasteiger partial charge in [0.2, 0.25) is 0 Å². The molecule has 7 heteroatoms. The second-order valence-electron chi connectivity index (χ2n) is 7.40. The first-order chi connectivity index (χ1) is 14.6. The highest BCUT2D eigenvalue weighted by atomic mass is 16.5. The molecule has 0 bridgehead atoms. The molecule has 4 rings (SSSR count). The van der Waals surface area contributed by atoms with Gasteiger partial charge in [-0.15, -0.1) is 5.10 Å². The van der Waals surface area contributed by atoms with Crippen molar-refractivity contribution in [2.45, 2.75) is 25.9 Å². The van der Waals surface area contributed by atoms with Crippen LogP contribution in [0.15, 0.2) is 42.5 Å². The largest absolute Gasteiger partial charge is 0.507 e. The van der Waals surface area contributed by atoms with Gasteiger partial charge in [-0.25, -0.2) is 9.67 Å². The van der Waals surface area contributed by atoms with Crippen LogP contribution in [0.25, 0.3) is 23.5 Å². The van der Waals surface area contributed by atoms with Crippen LogP contribution in [0, 0.1) is 0 Å². The molecule has 3 aromatic rings. The minimum absolute atomic E-state index is 0.0976. The van der Waals surface area contributed by atoms with E-state index in [1.165, 1.54) is 26.4 Å². The Hall–Kier alpha value is -3.32. The van der Waals surface area contributed by atoms with Crippen molar-refractivity contribution in [3.63, 3.8) is 0 Å². The predicted molar refractivity (Wildman–Crippen MR) is 116 cm³/mol. The minimum Gasteiger partial charge on any atom is -0.507 e. The second kappa shape index (κ2) is 9.00. The zero-order valence-electron chi connectivity index (χ0n) is 17.0. The summed E-state index contributed by atoms with van der Waals surface area (Å²) in [6.45, 7) is 2.72. The lowest BCUT2D eigenvalue weighted by molar-refractivity contribution is 0.174. The zero-order valence-corrected chi connectivity index (χ0v) is 17.0. The van der Waals surface area contributed by atoms with E-state index in [4.69, 9.17) is 4.74 Å². The van der Waals surface area contributed by atoms with Crippen LogP contribution in [0.5, 0.6) is 17.2 Å². The first kappa shape index (κ1) is 20.0. The van der Waals surface area contributed by atoms with E-state index in [1.807, 2.05) is 29.0 Å². The fourth-order valence-electron chi connectivity index (χ4n) is 3.65. The van der Waals surface area contributed by atoms with E-state index in [1.54, 1.807) is 30.3 Å². The molecule has 0 saturated carbocycles. The van der Waals surface area contributed by atoms with Gasteiger partial charge in [0, 0.05) is 0 Å². The number of nitrogens with zero attached hydrogens (tertiary/aromatic N) is 4. The summed E-state index contributed by atoms with van der Waals surface area (Å²) in [6.07, 6.45) is 7.34. The number of methoxy groups -OCH3 is 1. The fraction of sp³-hybridized carbons (Fsp3) is 0.304. The topological polar surface area (TPSA) is 83.6 Å². The van der Waals surface area contributed by atoms with E-state index in [9.17, 15) is 10.2 Å². The molecule has 0 unspecified atom stereocenters. The number of likely N-dealkylation sites (tertiary alicyclic amines) is 1. The Balaban J connectivity index is 1.65. The monoisotopic (exact) mass is 406 g/mol. The van der Waals surface area contributed by atoms with Gasteiger partial charge in [0.25, 0.3) is 0 Å². The van der Waals surface area contributed by atoms with Gasteiger partial charge in [0.05, 0.1) is 19.3 Å². The van der Waals surface area contributed by atoms with E-state index in [-0.39, 0.29) is 11.5 Å². The van der Waals surface area contributed by atoms with Gasteiger partial charge in [-0.2, -0.15) is 0 Å². The van der Waals surface area contributed by atoms with Crippen molar-refractivity contribution >= 4 is 12.2 Å². The average Bonchev–Trinajstić information content (AvgIpc) is 3.16. The summed E-state index contributed by atoms with van der Waals surface area (Å²) < 4.78 is 7.02. The molecular weight excluding hydrogens is 380 g/mol. The van der Waals surface area contributed by atoms with Gasteiger partial charge in [-0.05, 0) is 61.8 Å². The molecule has 1 fully saturated rings. The zero-order chi connectivity index (χ0) is 20.9. The SMILES string of the molecule is COc1cc(/C=C/c2nc(-c3ccccc3O)n(CN3CCCCC3)n2)ccc1O. The Morgan fingerprint density at radius 1 is 1.00 bits per heavy atom. The van der Waals surface area contributed by atoms with Crippen LogP contribution in [0.1, 0.15) is 30.7 Å². The molecule has 0 amide bonds. The molecule has 0 spiro atoms. The summed E-state index contributed by atoms with van der Waals surface area (Å²) in [5, 5.41) is 24.8. The number of piperidine rings is 1. The molecule has 1 aliphatic heterocycles. The van der Waals surface area contributed by atoms with E-state index < -0.39 is 0 Å². The highest BCUT2D eigenvalue weighted by Gasteiger charge is 2.17. The Morgan fingerprint density at radius 3 is 2.57 bits per heavy atom. The van der Waals surface area contributed by atoms with E-state index in [2.05, 4.69) is 15.0 Å². The lowest BCUT2D eigenvalue weighted by Crippen LogP contribution is -2.32. The van der Waals surface area contributed by atoms with Gasteiger partial charge in [0.15, 0.2) is 23.1 Å². The summed E-state index contributed by atoms with van der Waals surface area (Å²) in [7, 11) is 1.52. The van der Waals surface area contributed by atoms with Gasteiger partial charge in [0.1, 0.15) is 5.75 Å². The van der Waals surface area contributed by atoms with Crippen molar-refractivity contribution in [3.8, 4) is 28.6 Å². The number of ether oxygens (including phenoxy) is 1. The minimum atomic E-state index is 0.0976. The Morgan fingerprint density at radius 2 is 1.80 bits per heavy atom. The highest BCUT2D eigenvalue weighted by Crippen LogP contribution is 2.29. The normalized spacial score (nSPS) is 15.0. The Kier molecular flexibility index (Phi) is 5.99. The number of aromatic nitrogens is 3. The summed E-state index contributed by atoms with van der Waals surface area (Å²) in [5.41, 5.74) is 1.52. The van der Waals surface area contributed by atoms with Crippen LogP contribution >= 0.6 is 0 Å². The molecule has 156 valence electrons. The lowest BCUT2D eigenvalue weighted by Gasteiger charge is -2.26. The van der Waals surface area contributed by atoms with E-state index in [0.29, 0.717) is 29.6 Å². The molecule has 2 heterocycles. The van der Waals surface area contributed by atoms with Crippen molar-refractivity contribution in [2.75, 3.05) is 20.2 Å².